The third kappa shape index (κ3) is 8.70. The van der Waals surface area contributed by atoms with Crippen LogP contribution in [0, 0.1) is 0 Å². The first-order valence-corrected chi connectivity index (χ1v) is 7.02. The Morgan fingerprint density at radius 1 is 1.10 bits per heavy atom. The molecule has 1 N–H and O–H groups in total. The van der Waals surface area contributed by atoms with E-state index in [-0.39, 0.29) is 6.61 Å². The van der Waals surface area contributed by atoms with Crippen molar-refractivity contribution in [2.24, 2.45) is 0 Å². The molecule has 0 aromatic heterocycles. The molecule has 21 heavy (non-hydrogen) atoms. The van der Waals surface area contributed by atoms with Gasteiger partial charge in [0.05, 0.1) is 6.61 Å². The van der Waals surface area contributed by atoms with E-state index in [2.05, 4.69) is 10.1 Å². The van der Waals surface area contributed by atoms with Crippen molar-refractivity contribution in [2.75, 3.05) is 26.4 Å². The molecule has 0 heterocycles. The number of benzene rings is 1. The number of hydrogen-bond donors (Lipinski definition) is 1. The molecular formula is C15H22F3NO2. The molecule has 1 aromatic carbocycles. The van der Waals surface area contributed by atoms with Gasteiger partial charge in [-0.1, -0.05) is 24.3 Å². The van der Waals surface area contributed by atoms with Crippen LogP contribution in [-0.4, -0.2) is 32.5 Å². The lowest BCUT2D eigenvalue weighted by Gasteiger charge is -2.11. The van der Waals surface area contributed by atoms with Crippen LogP contribution in [0.15, 0.2) is 24.3 Å². The Balaban J connectivity index is 2.18. The van der Waals surface area contributed by atoms with E-state index >= 15 is 0 Å². The second-order valence-electron chi connectivity index (χ2n) is 4.60. The maximum atomic E-state index is 11.8. The Hall–Kier alpha value is -1.11. The van der Waals surface area contributed by atoms with E-state index in [0.29, 0.717) is 32.7 Å². The molecule has 1 rings (SSSR count). The highest BCUT2D eigenvalue weighted by Crippen LogP contribution is 2.14. The van der Waals surface area contributed by atoms with Crippen LogP contribution in [0.5, 0.6) is 0 Å². The topological polar surface area (TPSA) is 30.5 Å². The van der Waals surface area contributed by atoms with Crippen LogP contribution >= 0.6 is 0 Å². The summed E-state index contributed by atoms with van der Waals surface area (Å²) in [4.78, 5) is 0. The molecular weight excluding hydrogens is 283 g/mol. The zero-order chi connectivity index (χ0) is 15.6. The number of nitrogens with one attached hydrogen (secondary N) is 1. The standard InChI is InChI=1S/C15H22F3NO2/c1-2-20-11-14-7-4-3-6-13(14)10-19-8-5-9-21-12-15(16,17)18/h3-4,6-7,19H,2,5,8-12H2,1H3. The van der Waals surface area contributed by atoms with Gasteiger partial charge in [-0.3, -0.25) is 0 Å². The summed E-state index contributed by atoms with van der Waals surface area (Å²) < 4.78 is 45.5. The van der Waals surface area contributed by atoms with Crippen molar-refractivity contribution < 1.29 is 22.6 Å². The Kier molecular flexibility index (Phi) is 8.34. The Labute approximate surface area is 123 Å². The molecule has 1 aromatic rings. The predicted octanol–water partition coefficient (Wildman–Crippen LogP) is 3.28. The molecule has 0 aliphatic rings. The fourth-order valence-corrected chi connectivity index (χ4v) is 1.79. The Morgan fingerprint density at radius 3 is 2.48 bits per heavy atom. The lowest BCUT2D eigenvalue weighted by molar-refractivity contribution is -0.173. The van der Waals surface area contributed by atoms with Crippen LogP contribution in [-0.2, 0) is 22.6 Å². The summed E-state index contributed by atoms with van der Waals surface area (Å²) >= 11 is 0. The fraction of sp³-hybridized carbons (Fsp3) is 0.600. The summed E-state index contributed by atoms with van der Waals surface area (Å²) in [5.41, 5.74) is 2.27. The quantitative estimate of drug-likeness (QED) is 0.673. The van der Waals surface area contributed by atoms with Gasteiger partial charge in [-0.25, -0.2) is 0 Å². The monoisotopic (exact) mass is 305 g/mol. The molecule has 0 saturated heterocycles. The fourth-order valence-electron chi connectivity index (χ4n) is 1.79. The minimum Gasteiger partial charge on any atom is -0.377 e. The second kappa shape index (κ2) is 9.76. The number of halogens is 3. The summed E-state index contributed by atoms with van der Waals surface area (Å²) in [7, 11) is 0. The van der Waals surface area contributed by atoms with Crippen molar-refractivity contribution in [1.82, 2.24) is 5.32 Å². The van der Waals surface area contributed by atoms with E-state index in [0.717, 1.165) is 11.1 Å². The van der Waals surface area contributed by atoms with Gasteiger partial charge in [0, 0.05) is 19.8 Å². The van der Waals surface area contributed by atoms with Crippen LogP contribution < -0.4 is 5.32 Å². The van der Waals surface area contributed by atoms with Crippen molar-refractivity contribution in [3.8, 4) is 0 Å². The van der Waals surface area contributed by atoms with Gasteiger partial charge in [-0.15, -0.1) is 0 Å². The summed E-state index contributed by atoms with van der Waals surface area (Å²) in [6.45, 7) is 3.39. The molecule has 0 aliphatic carbocycles. The maximum Gasteiger partial charge on any atom is 0.411 e. The lowest BCUT2D eigenvalue weighted by atomic mass is 10.1. The molecule has 0 amide bonds. The third-order valence-electron chi connectivity index (χ3n) is 2.80. The molecule has 120 valence electrons. The van der Waals surface area contributed by atoms with Crippen LogP contribution in [0.2, 0.25) is 0 Å². The highest BCUT2D eigenvalue weighted by Gasteiger charge is 2.27. The Morgan fingerprint density at radius 2 is 1.81 bits per heavy atom. The molecule has 0 atom stereocenters. The van der Waals surface area contributed by atoms with Crippen molar-refractivity contribution in [2.45, 2.75) is 32.7 Å². The highest BCUT2D eigenvalue weighted by atomic mass is 19.4. The van der Waals surface area contributed by atoms with Gasteiger partial charge in [0.1, 0.15) is 6.61 Å². The normalized spacial score (nSPS) is 11.8. The molecule has 3 nitrogen and oxygen atoms in total. The molecule has 0 saturated carbocycles. The molecule has 0 aliphatic heterocycles. The van der Waals surface area contributed by atoms with E-state index in [9.17, 15) is 13.2 Å². The number of ether oxygens (including phenoxy) is 2. The minimum atomic E-state index is -4.24. The molecule has 6 heteroatoms. The first-order chi connectivity index (χ1) is 10.0. The van der Waals surface area contributed by atoms with Crippen LogP contribution in [0.1, 0.15) is 24.5 Å². The smallest absolute Gasteiger partial charge is 0.377 e. The molecule has 0 bridgehead atoms. The summed E-state index contributed by atoms with van der Waals surface area (Å²) in [6, 6.07) is 7.95. The van der Waals surface area contributed by atoms with Crippen LogP contribution in [0.3, 0.4) is 0 Å². The molecule has 0 unspecified atom stereocenters. The first-order valence-electron chi connectivity index (χ1n) is 7.02. The molecule has 0 fully saturated rings. The van der Waals surface area contributed by atoms with Crippen molar-refractivity contribution >= 4 is 0 Å². The van der Waals surface area contributed by atoms with Gasteiger partial charge in [-0.2, -0.15) is 13.2 Å². The average molecular weight is 305 g/mol. The predicted molar refractivity (Wildman–Crippen MR) is 75.0 cm³/mol. The van der Waals surface area contributed by atoms with E-state index < -0.39 is 12.8 Å². The van der Waals surface area contributed by atoms with Crippen LogP contribution in [0.25, 0.3) is 0 Å². The zero-order valence-corrected chi connectivity index (χ0v) is 12.2. The van der Waals surface area contributed by atoms with Gasteiger partial charge >= 0.3 is 6.18 Å². The first kappa shape index (κ1) is 17.9. The number of alkyl halides is 3. The van der Waals surface area contributed by atoms with Gasteiger partial charge in [0.2, 0.25) is 0 Å². The van der Waals surface area contributed by atoms with Gasteiger partial charge in [-0.05, 0) is 31.0 Å². The Bertz CT molecular complexity index is 397. The van der Waals surface area contributed by atoms with Gasteiger partial charge in [0.15, 0.2) is 0 Å². The number of rotatable bonds is 10. The van der Waals surface area contributed by atoms with Crippen molar-refractivity contribution in [3.63, 3.8) is 0 Å². The number of hydrogen-bond acceptors (Lipinski definition) is 3. The molecule has 0 radical (unpaired) electrons. The maximum absolute atomic E-state index is 11.8. The minimum absolute atomic E-state index is 0.104. The lowest BCUT2D eigenvalue weighted by Crippen LogP contribution is -2.20. The largest absolute Gasteiger partial charge is 0.411 e. The van der Waals surface area contributed by atoms with E-state index in [1.165, 1.54) is 0 Å². The van der Waals surface area contributed by atoms with E-state index in [1.54, 1.807) is 0 Å². The average Bonchev–Trinajstić information content (AvgIpc) is 2.44. The van der Waals surface area contributed by atoms with Gasteiger partial charge in [0.25, 0.3) is 0 Å². The highest BCUT2D eigenvalue weighted by molar-refractivity contribution is 5.26. The summed E-state index contributed by atoms with van der Waals surface area (Å²) in [6.07, 6.45) is -3.70. The van der Waals surface area contributed by atoms with E-state index in [4.69, 9.17) is 4.74 Å². The zero-order valence-electron chi connectivity index (χ0n) is 12.2. The molecule has 0 spiro atoms. The van der Waals surface area contributed by atoms with E-state index in [1.807, 2.05) is 31.2 Å². The van der Waals surface area contributed by atoms with Crippen molar-refractivity contribution in [3.05, 3.63) is 35.4 Å². The van der Waals surface area contributed by atoms with Crippen LogP contribution in [0.4, 0.5) is 13.2 Å². The summed E-state index contributed by atoms with van der Waals surface area (Å²) in [5, 5.41) is 3.20. The van der Waals surface area contributed by atoms with Crippen molar-refractivity contribution in [1.29, 1.82) is 0 Å². The second-order valence-corrected chi connectivity index (χ2v) is 4.60. The third-order valence-corrected chi connectivity index (χ3v) is 2.80. The summed E-state index contributed by atoms with van der Waals surface area (Å²) in [5.74, 6) is 0. The van der Waals surface area contributed by atoms with Gasteiger partial charge < -0.3 is 14.8 Å². The SMILES string of the molecule is CCOCc1ccccc1CNCCCOCC(F)(F)F.